The van der Waals surface area contributed by atoms with E-state index in [0.29, 0.717) is 5.69 Å². The number of pyridine rings is 1. The zero-order chi connectivity index (χ0) is 19.6. The second-order valence-corrected chi connectivity index (χ2v) is 8.65. The molecule has 1 aromatic carbocycles. The Hall–Kier alpha value is -2.01. The summed E-state index contributed by atoms with van der Waals surface area (Å²) < 4.78 is 64.4. The Morgan fingerprint density at radius 3 is 2.59 bits per heavy atom. The number of hydrogen-bond donors (Lipinski definition) is 3. The van der Waals surface area contributed by atoms with E-state index in [4.69, 9.17) is 0 Å². The third-order valence-electron chi connectivity index (χ3n) is 4.95. The molecule has 27 heavy (non-hydrogen) atoms. The predicted octanol–water partition coefficient (Wildman–Crippen LogP) is 3.87. The number of aliphatic hydroxyl groups excluding tert-OH is 1. The zero-order valence-electron chi connectivity index (χ0n) is 14.3. The molecule has 2 heterocycles. The maximum atomic E-state index is 14.5. The van der Waals surface area contributed by atoms with Gasteiger partial charge in [-0.15, -0.1) is 0 Å². The van der Waals surface area contributed by atoms with E-state index in [2.05, 4.69) is 4.98 Å². The van der Waals surface area contributed by atoms with Crippen molar-refractivity contribution in [2.45, 2.75) is 19.0 Å². The van der Waals surface area contributed by atoms with Gasteiger partial charge >= 0.3 is 0 Å². The average Bonchev–Trinajstić information content (AvgIpc) is 3.19. The van der Waals surface area contributed by atoms with Crippen LogP contribution in [0.4, 0.5) is 24.7 Å². The van der Waals surface area contributed by atoms with E-state index in [1.807, 2.05) is 0 Å². The van der Waals surface area contributed by atoms with Gasteiger partial charge in [-0.3, -0.25) is 9.11 Å². The summed E-state index contributed by atoms with van der Waals surface area (Å²) >= 11 is 0. The van der Waals surface area contributed by atoms with Gasteiger partial charge in [-0.25, -0.2) is 26.8 Å². The molecule has 1 saturated carbocycles. The molecule has 146 valence electrons. The lowest BCUT2D eigenvalue weighted by molar-refractivity contribution is 0.101. The summed E-state index contributed by atoms with van der Waals surface area (Å²) in [5.41, 5.74) is 0.816. The molecule has 0 amide bonds. The summed E-state index contributed by atoms with van der Waals surface area (Å²) in [7, 11) is -2.12. The number of fused-ring (bicyclic) bond motifs is 1. The standard InChI is InChI=1S/C17H18F3N3O3S/c1-22-16-14(23(27(22,25)26)8-11-7-17(11,19)20)6-5-13(21-16)12-4-2-3-10(9-24)15(12)18/h2-6,11,24-26H,7-9H2,1H3. The highest BCUT2D eigenvalue weighted by atomic mass is 32.3. The molecule has 2 aliphatic rings. The first-order chi connectivity index (χ1) is 12.7. The van der Waals surface area contributed by atoms with E-state index in [9.17, 15) is 27.4 Å². The van der Waals surface area contributed by atoms with E-state index in [1.165, 1.54) is 31.3 Å². The maximum absolute atomic E-state index is 14.5. The Kier molecular flexibility index (Phi) is 4.08. The minimum atomic E-state index is -3.51. The van der Waals surface area contributed by atoms with Crippen molar-refractivity contribution in [2.75, 3.05) is 22.2 Å². The van der Waals surface area contributed by atoms with Gasteiger partial charge in [0.25, 0.3) is 5.92 Å². The third kappa shape index (κ3) is 2.83. The van der Waals surface area contributed by atoms with Crippen molar-refractivity contribution in [2.24, 2.45) is 5.92 Å². The Morgan fingerprint density at radius 2 is 1.96 bits per heavy atom. The van der Waals surface area contributed by atoms with E-state index >= 15 is 0 Å². The van der Waals surface area contributed by atoms with Crippen molar-refractivity contribution in [3.63, 3.8) is 0 Å². The molecule has 4 rings (SSSR count). The Labute approximate surface area is 155 Å². The number of rotatable bonds is 4. The molecule has 0 bridgehead atoms. The minimum Gasteiger partial charge on any atom is -0.392 e. The summed E-state index contributed by atoms with van der Waals surface area (Å²) in [6, 6.07) is 7.54. The molecule has 0 spiro atoms. The van der Waals surface area contributed by atoms with Crippen molar-refractivity contribution in [3.05, 3.63) is 41.7 Å². The molecule has 0 radical (unpaired) electrons. The SMILES string of the molecule is CN1c2nc(-c3cccc(CO)c3F)ccc2N(CC2CC2(F)F)S1(O)O. The van der Waals surface area contributed by atoms with Gasteiger partial charge in [0, 0.05) is 37.1 Å². The number of nitrogens with zero attached hydrogens (tertiary/aromatic N) is 3. The van der Waals surface area contributed by atoms with Gasteiger partial charge in [0.15, 0.2) is 5.82 Å². The van der Waals surface area contributed by atoms with Crippen molar-refractivity contribution >= 4 is 22.5 Å². The largest absolute Gasteiger partial charge is 0.392 e. The van der Waals surface area contributed by atoms with Gasteiger partial charge < -0.3 is 5.11 Å². The predicted molar refractivity (Wildman–Crippen MR) is 97.2 cm³/mol. The van der Waals surface area contributed by atoms with E-state index < -0.39 is 35.2 Å². The molecule has 1 aliphatic heterocycles. The molecule has 1 fully saturated rings. The summed E-state index contributed by atoms with van der Waals surface area (Å²) in [6.45, 7) is -0.670. The monoisotopic (exact) mass is 401 g/mol. The molecule has 10 heteroatoms. The van der Waals surface area contributed by atoms with Gasteiger partial charge in [0.05, 0.1) is 12.3 Å². The third-order valence-corrected chi connectivity index (χ3v) is 6.80. The topological polar surface area (TPSA) is 80.1 Å². The zero-order valence-corrected chi connectivity index (χ0v) is 15.1. The fourth-order valence-electron chi connectivity index (χ4n) is 3.18. The first-order valence-corrected chi connectivity index (χ1v) is 9.70. The van der Waals surface area contributed by atoms with Crippen molar-refractivity contribution in [3.8, 4) is 11.3 Å². The summed E-state index contributed by atoms with van der Waals surface area (Å²) in [5, 5.41) is 9.22. The summed E-state index contributed by atoms with van der Waals surface area (Å²) in [6.07, 6.45) is -0.289. The molecule has 0 saturated heterocycles. The van der Waals surface area contributed by atoms with E-state index in [1.54, 1.807) is 6.07 Å². The van der Waals surface area contributed by atoms with Crippen molar-refractivity contribution < 1.29 is 27.4 Å². The second-order valence-electron chi connectivity index (χ2n) is 6.69. The smallest absolute Gasteiger partial charge is 0.253 e. The Bertz CT molecular complexity index is 912. The fraction of sp³-hybridized carbons (Fsp3) is 0.353. The van der Waals surface area contributed by atoms with Crippen LogP contribution in [-0.4, -0.2) is 38.7 Å². The number of alkyl halides is 2. The number of anilines is 2. The highest BCUT2D eigenvalue weighted by Crippen LogP contribution is 2.62. The molecule has 1 aliphatic carbocycles. The van der Waals surface area contributed by atoms with Gasteiger partial charge in [0.2, 0.25) is 0 Å². The van der Waals surface area contributed by atoms with Crippen LogP contribution in [0, 0.1) is 11.7 Å². The summed E-state index contributed by atoms with van der Waals surface area (Å²) in [4.78, 5) is 4.33. The minimum absolute atomic E-state index is 0.116. The second kappa shape index (κ2) is 5.99. The lowest BCUT2D eigenvalue weighted by Gasteiger charge is -2.41. The molecule has 2 aromatic rings. The number of halogens is 3. The lowest BCUT2D eigenvalue weighted by Crippen LogP contribution is -2.33. The Balaban J connectivity index is 1.73. The normalized spacial score (nSPS) is 23.3. The van der Waals surface area contributed by atoms with Crippen LogP contribution in [0.3, 0.4) is 0 Å². The lowest BCUT2D eigenvalue weighted by atomic mass is 10.1. The molecule has 1 atom stereocenters. The first-order valence-electron chi connectivity index (χ1n) is 8.24. The van der Waals surface area contributed by atoms with Crippen LogP contribution in [0.1, 0.15) is 12.0 Å². The number of aliphatic hydroxyl groups is 1. The van der Waals surface area contributed by atoms with Crippen LogP contribution in [0.15, 0.2) is 30.3 Å². The number of aromatic nitrogens is 1. The van der Waals surface area contributed by atoms with E-state index in [-0.39, 0.29) is 35.6 Å². The molecule has 6 nitrogen and oxygen atoms in total. The Morgan fingerprint density at radius 1 is 1.26 bits per heavy atom. The number of benzene rings is 1. The number of hydrogen-bond acceptors (Lipinski definition) is 6. The molecular formula is C17H18F3N3O3S. The van der Waals surface area contributed by atoms with Gasteiger partial charge in [-0.1, -0.05) is 12.1 Å². The van der Waals surface area contributed by atoms with Gasteiger partial charge in [0.1, 0.15) is 11.5 Å². The quantitative estimate of drug-likeness (QED) is 0.722. The van der Waals surface area contributed by atoms with Crippen LogP contribution in [-0.2, 0) is 6.61 Å². The molecular weight excluding hydrogens is 383 g/mol. The van der Waals surface area contributed by atoms with E-state index in [0.717, 1.165) is 8.61 Å². The molecule has 1 unspecified atom stereocenters. The van der Waals surface area contributed by atoms with Crippen molar-refractivity contribution in [1.82, 2.24) is 4.98 Å². The fourth-order valence-corrected chi connectivity index (χ4v) is 4.63. The van der Waals surface area contributed by atoms with Crippen LogP contribution in [0.5, 0.6) is 0 Å². The van der Waals surface area contributed by atoms with Crippen LogP contribution < -0.4 is 8.61 Å². The van der Waals surface area contributed by atoms with Crippen molar-refractivity contribution in [1.29, 1.82) is 0 Å². The molecule has 1 aromatic heterocycles. The van der Waals surface area contributed by atoms with Gasteiger partial charge in [-0.2, -0.15) is 0 Å². The van der Waals surface area contributed by atoms with Crippen LogP contribution in [0.25, 0.3) is 11.3 Å². The summed E-state index contributed by atoms with van der Waals surface area (Å²) in [5.74, 6) is -4.18. The van der Waals surface area contributed by atoms with Crippen LogP contribution in [0.2, 0.25) is 0 Å². The van der Waals surface area contributed by atoms with Crippen LogP contribution >= 0.6 is 11.0 Å². The van der Waals surface area contributed by atoms with Gasteiger partial charge in [-0.05, 0) is 29.2 Å². The average molecular weight is 401 g/mol. The highest BCUT2D eigenvalue weighted by molar-refractivity contribution is 8.26. The highest BCUT2D eigenvalue weighted by Gasteiger charge is 2.59. The molecule has 3 N–H and O–H groups in total. The maximum Gasteiger partial charge on any atom is 0.253 e. The first kappa shape index (κ1) is 18.4.